The maximum atomic E-state index is 6.26. The van der Waals surface area contributed by atoms with Gasteiger partial charge in [0.15, 0.2) is 11.5 Å². The third-order valence-electron chi connectivity index (χ3n) is 3.36. The number of methoxy groups -OCH3 is 2. The molecule has 118 valence electrons. The van der Waals surface area contributed by atoms with Crippen LogP contribution in [0.25, 0.3) is 11.5 Å². The Bertz CT molecular complexity index is 790. The van der Waals surface area contributed by atoms with Crippen LogP contribution in [0.1, 0.15) is 17.4 Å². The highest BCUT2D eigenvalue weighted by atomic mass is 16.5. The van der Waals surface area contributed by atoms with E-state index in [-0.39, 0.29) is 0 Å². The standard InChI is InChI=1S/C15H16N6O2/c1-22-11-4-3-9(7-12(11)23-2)13(16)15-19-14(20-21-15)10-8-17-5-6-18-10/h3-8,13H,16H2,1-2H3,(H,19,20,21)/t13-/m0/s1. The largest absolute Gasteiger partial charge is 0.493 e. The van der Waals surface area contributed by atoms with Crippen molar-refractivity contribution in [3.63, 3.8) is 0 Å². The van der Waals surface area contributed by atoms with Crippen LogP contribution in [0.3, 0.4) is 0 Å². The number of rotatable bonds is 5. The van der Waals surface area contributed by atoms with E-state index in [4.69, 9.17) is 15.2 Å². The summed E-state index contributed by atoms with van der Waals surface area (Å²) in [5.74, 6) is 2.22. The van der Waals surface area contributed by atoms with E-state index < -0.39 is 6.04 Å². The second kappa shape index (κ2) is 6.41. The van der Waals surface area contributed by atoms with E-state index in [0.29, 0.717) is 28.8 Å². The molecular formula is C15H16N6O2. The van der Waals surface area contributed by atoms with Crippen LogP contribution < -0.4 is 15.2 Å². The molecule has 8 nitrogen and oxygen atoms in total. The molecule has 23 heavy (non-hydrogen) atoms. The van der Waals surface area contributed by atoms with Gasteiger partial charge in [-0.05, 0) is 17.7 Å². The first-order valence-electron chi connectivity index (χ1n) is 6.89. The molecule has 0 amide bonds. The Kier molecular flexibility index (Phi) is 4.15. The van der Waals surface area contributed by atoms with Gasteiger partial charge in [-0.25, -0.2) is 9.97 Å². The Labute approximate surface area is 132 Å². The van der Waals surface area contributed by atoms with Crippen LogP contribution in [0.5, 0.6) is 11.5 Å². The molecule has 2 heterocycles. The van der Waals surface area contributed by atoms with Crippen LogP contribution in [0.2, 0.25) is 0 Å². The zero-order valence-corrected chi connectivity index (χ0v) is 12.7. The molecule has 3 aromatic rings. The lowest BCUT2D eigenvalue weighted by Gasteiger charge is -2.12. The average molecular weight is 312 g/mol. The summed E-state index contributed by atoms with van der Waals surface area (Å²) in [4.78, 5) is 12.5. The number of hydrogen-bond donors (Lipinski definition) is 2. The minimum atomic E-state index is -0.479. The highest BCUT2D eigenvalue weighted by Crippen LogP contribution is 2.30. The Morgan fingerprint density at radius 3 is 2.65 bits per heavy atom. The van der Waals surface area contributed by atoms with Crippen LogP contribution in [0.4, 0.5) is 0 Å². The molecule has 0 spiro atoms. The fourth-order valence-electron chi connectivity index (χ4n) is 2.15. The fraction of sp³-hybridized carbons (Fsp3) is 0.200. The van der Waals surface area contributed by atoms with Gasteiger partial charge in [0.25, 0.3) is 0 Å². The lowest BCUT2D eigenvalue weighted by Crippen LogP contribution is -2.14. The van der Waals surface area contributed by atoms with Gasteiger partial charge in [-0.3, -0.25) is 10.1 Å². The van der Waals surface area contributed by atoms with E-state index in [1.807, 2.05) is 12.1 Å². The maximum Gasteiger partial charge on any atom is 0.201 e. The van der Waals surface area contributed by atoms with Crippen LogP contribution >= 0.6 is 0 Å². The monoisotopic (exact) mass is 312 g/mol. The highest BCUT2D eigenvalue weighted by molar-refractivity contribution is 5.47. The number of ether oxygens (including phenoxy) is 2. The molecule has 0 unspecified atom stereocenters. The fourth-order valence-corrected chi connectivity index (χ4v) is 2.15. The Balaban J connectivity index is 1.89. The third kappa shape index (κ3) is 2.97. The molecule has 0 radical (unpaired) electrons. The van der Waals surface area contributed by atoms with E-state index in [9.17, 15) is 0 Å². The van der Waals surface area contributed by atoms with E-state index >= 15 is 0 Å². The molecule has 0 saturated carbocycles. The zero-order valence-electron chi connectivity index (χ0n) is 12.7. The average Bonchev–Trinajstić information content (AvgIpc) is 3.11. The van der Waals surface area contributed by atoms with Crippen molar-refractivity contribution in [1.82, 2.24) is 25.1 Å². The van der Waals surface area contributed by atoms with E-state index in [1.165, 1.54) is 0 Å². The molecule has 3 N–H and O–H groups in total. The van der Waals surface area contributed by atoms with Gasteiger partial charge in [0, 0.05) is 12.4 Å². The van der Waals surface area contributed by atoms with Gasteiger partial charge in [0.2, 0.25) is 5.82 Å². The first-order chi connectivity index (χ1) is 11.2. The first-order valence-corrected chi connectivity index (χ1v) is 6.89. The highest BCUT2D eigenvalue weighted by Gasteiger charge is 2.17. The molecule has 0 aliphatic carbocycles. The van der Waals surface area contributed by atoms with Crippen LogP contribution in [-0.4, -0.2) is 39.4 Å². The molecule has 8 heteroatoms. The molecule has 0 saturated heterocycles. The molecule has 1 atom stereocenters. The van der Waals surface area contributed by atoms with Crippen molar-refractivity contribution in [3.8, 4) is 23.0 Å². The minimum absolute atomic E-state index is 0.448. The predicted octanol–water partition coefficient (Wildman–Crippen LogP) is 1.33. The number of nitrogens with one attached hydrogen (secondary N) is 1. The van der Waals surface area contributed by atoms with E-state index in [1.54, 1.807) is 38.9 Å². The minimum Gasteiger partial charge on any atom is -0.493 e. The number of aromatic amines is 1. The van der Waals surface area contributed by atoms with Crippen molar-refractivity contribution >= 4 is 0 Å². The third-order valence-corrected chi connectivity index (χ3v) is 3.36. The van der Waals surface area contributed by atoms with Crippen molar-refractivity contribution in [2.24, 2.45) is 5.73 Å². The number of hydrogen-bond acceptors (Lipinski definition) is 7. The molecule has 2 aromatic heterocycles. The summed E-state index contributed by atoms with van der Waals surface area (Å²) in [7, 11) is 3.16. The maximum absolute atomic E-state index is 6.26. The van der Waals surface area contributed by atoms with Gasteiger partial charge in [-0.2, -0.15) is 5.10 Å². The molecule has 0 aliphatic rings. The summed E-state index contributed by atoms with van der Waals surface area (Å²) >= 11 is 0. The lowest BCUT2D eigenvalue weighted by molar-refractivity contribution is 0.354. The van der Waals surface area contributed by atoms with Crippen molar-refractivity contribution in [3.05, 3.63) is 48.2 Å². The van der Waals surface area contributed by atoms with Crippen LogP contribution in [-0.2, 0) is 0 Å². The second-order valence-electron chi connectivity index (χ2n) is 4.73. The SMILES string of the molecule is COc1ccc([C@H](N)c2nc(-c3cnccn3)n[nH]2)cc1OC. The Morgan fingerprint density at radius 2 is 1.96 bits per heavy atom. The molecular weight excluding hydrogens is 296 g/mol. The van der Waals surface area contributed by atoms with Crippen LogP contribution in [0, 0.1) is 0 Å². The number of nitrogens with two attached hydrogens (primary N) is 1. The lowest BCUT2D eigenvalue weighted by atomic mass is 10.1. The predicted molar refractivity (Wildman–Crippen MR) is 83.0 cm³/mol. The quantitative estimate of drug-likeness (QED) is 0.730. The summed E-state index contributed by atoms with van der Waals surface area (Å²) in [5, 5.41) is 6.98. The van der Waals surface area contributed by atoms with Gasteiger partial charge in [0.1, 0.15) is 11.5 Å². The molecule has 0 fully saturated rings. The normalized spacial score (nSPS) is 12.0. The van der Waals surface area contributed by atoms with E-state index in [0.717, 1.165) is 5.56 Å². The molecule has 1 aromatic carbocycles. The summed E-state index contributed by atoms with van der Waals surface area (Å²) in [6.07, 6.45) is 4.76. The van der Waals surface area contributed by atoms with Gasteiger partial charge >= 0.3 is 0 Å². The molecule has 0 aliphatic heterocycles. The summed E-state index contributed by atoms with van der Waals surface area (Å²) < 4.78 is 10.5. The van der Waals surface area contributed by atoms with Crippen molar-refractivity contribution in [2.75, 3.05) is 14.2 Å². The van der Waals surface area contributed by atoms with Crippen molar-refractivity contribution < 1.29 is 9.47 Å². The van der Waals surface area contributed by atoms with Gasteiger partial charge in [-0.1, -0.05) is 6.07 Å². The van der Waals surface area contributed by atoms with Gasteiger partial charge in [0.05, 0.1) is 26.5 Å². The molecule has 3 rings (SSSR count). The Morgan fingerprint density at radius 1 is 1.13 bits per heavy atom. The molecule has 0 bridgehead atoms. The van der Waals surface area contributed by atoms with Crippen LogP contribution in [0.15, 0.2) is 36.8 Å². The summed E-state index contributed by atoms with van der Waals surface area (Å²) in [6.45, 7) is 0. The summed E-state index contributed by atoms with van der Waals surface area (Å²) in [5.41, 5.74) is 7.66. The summed E-state index contributed by atoms with van der Waals surface area (Å²) in [6, 6.07) is 4.99. The number of nitrogens with zero attached hydrogens (tertiary/aromatic N) is 4. The first kappa shape index (κ1) is 14.9. The number of H-pyrrole nitrogens is 1. The van der Waals surface area contributed by atoms with Crippen molar-refractivity contribution in [2.45, 2.75) is 6.04 Å². The Hall–Kier alpha value is -3.00. The van der Waals surface area contributed by atoms with Crippen molar-refractivity contribution in [1.29, 1.82) is 0 Å². The smallest absolute Gasteiger partial charge is 0.201 e. The van der Waals surface area contributed by atoms with Gasteiger partial charge in [-0.15, -0.1) is 0 Å². The topological polar surface area (TPSA) is 112 Å². The zero-order chi connectivity index (χ0) is 16.2. The number of benzene rings is 1. The van der Waals surface area contributed by atoms with E-state index in [2.05, 4.69) is 25.1 Å². The number of aromatic nitrogens is 5. The second-order valence-corrected chi connectivity index (χ2v) is 4.73. The van der Waals surface area contributed by atoms with Gasteiger partial charge < -0.3 is 15.2 Å².